The van der Waals surface area contributed by atoms with Gasteiger partial charge in [-0.1, -0.05) is 42.5 Å². The smallest absolute Gasteiger partial charge is 0.273 e. The van der Waals surface area contributed by atoms with Gasteiger partial charge in [-0.05, 0) is 24.0 Å². The lowest BCUT2D eigenvalue weighted by Gasteiger charge is -2.30. The van der Waals surface area contributed by atoms with E-state index in [0.717, 1.165) is 18.4 Å². The van der Waals surface area contributed by atoms with Crippen LogP contribution in [-0.4, -0.2) is 16.6 Å². The molecule has 0 saturated carbocycles. The summed E-state index contributed by atoms with van der Waals surface area (Å²) >= 11 is 0. The number of hydrogen-bond donors (Lipinski definition) is 2. The van der Waals surface area contributed by atoms with Crippen molar-refractivity contribution in [2.24, 2.45) is 0 Å². The molecule has 0 bridgehead atoms. The van der Waals surface area contributed by atoms with Crippen LogP contribution in [0, 0.1) is 10.1 Å². The Morgan fingerprint density at radius 3 is 2.68 bits per heavy atom. The molecule has 1 atom stereocenters. The van der Waals surface area contributed by atoms with Gasteiger partial charge < -0.3 is 10.4 Å². The Hall–Kier alpha value is -2.24. The zero-order chi connectivity index (χ0) is 15.6. The normalized spacial score (nSPS) is 19.9. The van der Waals surface area contributed by atoms with Crippen LogP contribution in [0.4, 0.5) is 5.69 Å². The number of nitrogens with one attached hydrogen (secondary N) is 1. The number of aliphatic hydroxyl groups is 1. The quantitative estimate of drug-likeness (QED) is 0.657. The third kappa shape index (κ3) is 2.49. The number of para-hydroxylation sites is 1. The van der Waals surface area contributed by atoms with Gasteiger partial charge >= 0.3 is 0 Å². The zero-order valence-electron chi connectivity index (χ0n) is 12.2. The van der Waals surface area contributed by atoms with Gasteiger partial charge in [0.2, 0.25) is 0 Å². The second-order valence-electron chi connectivity index (χ2n) is 5.64. The molecule has 3 rings (SSSR count). The van der Waals surface area contributed by atoms with Gasteiger partial charge in [0.1, 0.15) is 0 Å². The third-order valence-corrected chi connectivity index (χ3v) is 4.43. The summed E-state index contributed by atoms with van der Waals surface area (Å²) in [5.74, 6) is 0. The molecule has 0 fully saturated rings. The highest BCUT2D eigenvalue weighted by Gasteiger charge is 2.37. The summed E-state index contributed by atoms with van der Waals surface area (Å²) in [4.78, 5) is 10.7. The van der Waals surface area contributed by atoms with Gasteiger partial charge in [0.05, 0.1) is 17.1 Å². The highest BCUT2D eigenvalue weighted by Crippen LogP contribution is 2.37. The van der Waals surface area contributed by atoms with Crippen LogP contribution in [0.2, 0.25) is 0 Å². The zero-order valence-corrected chi connectivity index (χ0v) is 12.2. The molecule has 0 aromatic heterocycles. The Morgan fingerprint density at radius 1 is 1.18 bits per heavy atom. The molecule has 0 spiro atoms. The first-order valence-electron chi connectivity index (χ1n) is 7.33. The fourth-order valence-electron chi connectivity index (χ4n) is 3.19. The molecule has 0 heterocycles. The predicted octanol–water partition coefficient (Wildman–Crippen LogP) is 2.52. The van der Waals surface area contributed by atoms with Crippen molar-refractivity contribution in [3.63, 3.8) is 0 Å². The van der Waals surface area contributed by atoms with Crippen LogP contribution in [-0.2, 0) is 18.5 Å². The molecule has 2 aromatic rings. The topological polar surface area (TPSA) is 75.4 Å². The largest absolute Gasteiger partial charge is 0.394 e. The summed E-state index contributed by atoms with van der Waals surface area (Å²) in [5, 5.41) is 24.4. The molecule has 0 amide bonds. The lowest BCUT2D eigenvalue weighted by atomic mass is 9.92. The molecule has 2 N–H and O–H groups in total. The number of fused-ring (bicyclic) bond motifs is 1. The standard InChI is InChI=1S/C17H18N2O3/c20-12-17(10-9-13-5-1-3-7-15(13)17)18-11-14-6-2-4-8-16(14)19(21)22/h1-8,18,20H,9-12H2. The summed E-state index contributed by atoms with van der Waals surface area (Å²) in [6.07, 6.45) is 1.70. The molecular formula is C17H18N2O3. The molecule has 1 aliphatic rings. The van der Waals surface area contributed by atoms with Crippen LogP contribution in [0.15, 0.2) is 48.5 Å². The number of aliphatic hydroxyl groups excluding tert-OH is 1. The Bertz CT molecular complexity index is 702. The SMILES string of the molecule is O=[N+]([O-])c1ccccc1CNC1(CO)CCc2ccccc21. The van der Waals surface area contributed by atoms with Crippen LogP contribution in [0.5, 0.6) is 0 Å². The molecule has 0 radical (unpaired) electrons. The highest BCUT2D eigenvalue weighted by molar-refractivity contribution is 5.42. The first kappa shape index (κ1) is 14.7. The minimum Gasteiger partial charge on any atom is -0.394 e. The van der Waals surface area contributed by atoms with E-state index >= 15 is 0 Å². The van der Waals surface area contributed by atoms with Gasteiger partial charge in [-0.15, -0.1) is 0 Å². The van der Waals surface area contributed by atoms with Gasteiger partial charge in [0.15, 0.2) is 0 Å². The van der Waals surface area contributed by atoms with E-state index in [4.69, 9.17) is 0 Å². The van der Waals surface area contributed by atoms with Crippen LogP contribution < -0.4 is 5.32 Å². The van der Waals surface area contributed by atoms with E-state index < -0.39 is 5.54 Å². The van der Waals surface area contributed by atoms with Crippen molar-refractivity contribution in [2.45, 2.75) is 24.9 Å². The van der Waals surface area contributed by atoms with E-state index in [-0.39, 0.29) is 17.2 Å². The van der Waals surface area contributed by atoms with Crippen molar-refractivity contribution in [3.8, 4) is 0 Å². The van der Waals surface area contributed by atoms with Crippen molar-refractivity contribution < 1.29 is 10.0 Å². The van der Waals surface area contributed by atoms with E-state index in [1.807, 2.05) is 18.2 Å². The second-order valence-corrected chi connectivity index (χ2v) is 5.64. The maximum atomic E-state index is 11.1. The van der Waals surface area contributed by atoms with Gasteiger partial charge in [-0.25, -0.2) is 0 Å². The average Bonchev–Trinajstić information content (AvgIpc) is 2.93. The minimum absolute atomic E-state index is 0.0232. The number of benzene rings is 2. The van der Waals surface area contributed by atoms with Crippen LogP contribution in [0.1, 0.15) is 23.1 Å². The van der Waals surface area contributed by atoms with Crippen molar-refractivity contribution in [3.05, 3.63) is 75.3 Å². The van der Waals surface area contributed by atoms with E-state index in [2.05, 4.69) is 11.4 Å². The first-order valence-corrected chi connectivity index (χ1v) is 7.33. The predicted molar refractivity (Wildman–Crippen MR) is 83.5 cm³/mol. The summed E-state index contributed by atoms with van der Waals surface area (Å²) in [7, 11) is 0. The van der Waals surface area contributed by atoms with Crippen molar-refractivity contribution in [1.82, 2.24) is 5.32 Å². The molecule has 22 heavy (non-hydrogen) atoms. The Labute approximate surface area is 128 Å². The molecular weight excluding hydrogens is 280 g/mol. The Balaban J connectivity index is 1.86. The van der Waals surface area contributed by atoms with Crippen LogP contribution >= 0.6 is 0 Å². The molecule has 0 aliphatic heterocycles. The fraction of sp³-hybridized carbons (Fsp3) is 0.294. The van der Waals surface area contributed by atoms with E-state index in [1.165, 1.54) is 11.6 Å². The van der Waals surface area contributed by atoms with Crippen LogP contribution in [0.25, 0.3) is 0 Å². The van der Waals surface area contributed by atoms with Crippen molar-refractivity contribution in [2.75, 3.05) is 6.61 Å². The molecule has 5 heteroatoms. The fourth-order valence-corrected chi connectivity index (χ4v) is 3.19. The average molecular weight is 298 g/mol. The summed E-state index contributed by atoms with van der Waals surface area (Å²) in [6, 6.07) is 14.7. The number of hydrogen-bond acceptors (Lipinski definition) is 4. The molecule has 1 aliphatic carbocycles. The number of aryl methyl sites for hydroxylation is 1. The summed E-state index contributed by atoms with van der Waals surface area (Å²) in [5.41, 5.74) is 2.54. The molecule has 5 nitrogen and oxygen atoms in total. The lowest BCUT2D eigenvalue weighted by Crippen LogP contribution is -2.43. The van der Waals surface area contributed by atoms with Gasteiger partial charge in [0, 0.05) is 18.2 Å². The summed E-state index contributed by atoms with van der Waals surface area (Å²) < 4.78 is 0. The van der Waals surface area contributed by atoms with Gasteiger partial charge in [-0.3, -0.25) is 10.1 Å². The van der Waals surface area contributed by atoms with Crippen molar-refractivity contribution in [1.29, 1.82) is 0 Å². The van der Waals surface area contributed by atoms with E-state index in [9.17, 15) is 15.2 Å². The molecule has 1 unspecified atom stereocenters. The molecule has 114 valence electrons. The third-order valence-electron chi connectivity index (χ3n) is 4.43. The highest BCUT2D eigenvalue weighted by atomic mass is 16.6. The Kier molecular flexibility index (Phi) is 3.92. The molecule has 2 aromatic carbocycles. The van der Waals surface area contributed by atoms with E-state index in [1.54, 1.807) is 18.2 Å². The number of nitro groups is 1. The summed E-state index contributed by atoms with van der Waals surface area (Å²) in [6.45, 7) is 0.330. The number of rotatable bonds is 5. The van der Waals surface area contributed by atoms with Crippen molar-refractivity contribution >= 4 is 5.69 Å². The monoisotopic (exact) mass is 298 g/mol. The van der Waals surface area contributed by atoms with Gasteiger partial charge in [0.25, 0.3) is 5.69 Å². The molecule has 0 saturated heterocycles. The van der Waals surface area contributed by atoms with E-state index in [0.29, 0.717) is 12.1 Å². The number of nitrogens with zero attached hydrogens (tertiary/aromatic N) is 1. The van der Waals surface area contributed by atoms with Gasteiger partial charge in [-0.2, -0.15) is 0 Å². The second kappa shape index (κ2) is 5.87. The maximum absolute atomic E-state index is 11.1. The van der Waals surface area contributed by atoms with Crippen LogP contribution in [0.3, 0.4) is 0 Å². The first-order chi connectivity index (χ1) is 10.7. The minimum atomic E-state index is -0.514. The lowest BCUT2D eigenvalue weighted by molar-refractivity contribution is -0.385. The Morgan fingerprint density at radius 2 is 1.91 bits per heavy atom. The number of nitro benzene ring substituents is 1. The maximum Gasteiger partial charge on any atom is 0.273 e.